The molecule has 2 rings (SSSR count). The van der Waals surface area contributed by atoms with Crippen molar-refractivity contribution < 1.29 is 18.0 Å². The fraction of sp³-hybridized carbons (Fsp3) is 0.389. The van der Waals surface area contributed by atoms with Crippen LogP contribution in [0.5, 0.6) is 0 Å². The second-order valence-electron chi connectivity index (χ2n) is 5.85. The van der Waals surface area contributed by atoms with E-state index in [1.807, 2.05) is 0 Å². The van der Waals surface area contributed by atoms with E-state index < -0.39 is 17.6 Å². The summed E-state index contributed by atoms with van der Waals surface area (Å²) in [5, 5.41) is 5.57. The molecule has 1 aromatic carbocycles. The lowest BCUT2D eigenvalue weighted by molar-refractivity contribution is -0.137. The normalized spacial score (nSPS) is 11.3. The van der Waals surface area contributed by atoms with Crippen LogP contribution in [0, 0.1) is 6.92 Å². The minimum atomic E-state index is -4.47. The van der Waals surface area contributed by atoms with Crippen molar-refractivity contribution in [3.8, 4) is 0 Å². The summed E-state index contributed by atoms with van der Waals surface area (Å²) in [5.74, 6) is 0.328. The number of aromatic nitrogens is 2. The highest BCUT2D eigenvalue weighted by molar-refractivity contribution is 6.03. The van der Waals surface area contributed by atoms with E-state index in [4.69, 9.17) is 0 Å². The van der Waals surface area contributed by atoms with Crippen LogP contribution in [-0.2, 0) is 6.18 Å². The smallest absolute Gasteiger partial charge is 0.370 e. The lowest BCUT2D eigenvalue weighted by atomic mass is 10.2. The summed E-state index contributed by atoms with van der Waals surface area (Å²) in [4.78, 5) is 20.6. The fourth-order valence-corrected chi connectivity index (χ4v) is 2.33. The minimum absolute atomic E-state index is 0.0542. The van der Waals surface area contributed by atoms with E-state index in [1.54, 1.807) is 6.92 Å². The first kappa shape index (κ1) is 19.7. The Morgan fingerprint density at radius 1 is 1.15 bits per heavy atom. The van der Waals surface area contributed by atoms with Crippen molar-refractivity contribution in [2.45, 2.75) is 39.3 Å². The molecule has 8 heteroatoms. The third-order valence-corrected chi connectivity index (χ3v) is 3.60. The predicted molar refractivity (Wildman–Crippen MR) is 94.2 cm³/mol. The molecule has 1 heterocycles. The third kappa shape index (κ3) is 5.72. The van der Waals surface area contributed by atoms with E-state index in [0.29, 0.717) is 11.6 Å². The van der Waals surface area contributed by atoms with Crippen LogP contribution < -0.4 is 10.6 Å². The molecule has 2 aromatic rings. The lowest BCUT2D eigenvalue weighted by Crippen LogP contribution is -2.16. The van der Waals surface area contributed by atoms with Gasteiger partial charge in [0.2, 0.25) is 0 Å². The molecule has 140 valence electrons. The number of benzene rings is 1. The van der Waals surface area contributed by atoms with Crippen LogP contribution in [0.1, 0.15) is 48.1 Å². The molecule has 0 atom stereocenters. The van der Waals surface area contributed by atoms with Gasteiger partial charge in [0.05, 0.1) is 5.56 Å². The molecule has 26 heavy (non-hydrogen) atoms. The highest BCUT2D eigenvalue weighted by Crippen LogP contribution is 2.30. The zero-order valence-electron chi connectivity index (χ0n) is 14.7. The molecule has 0 fully saturated rings. The molecular weight excluding hydrogens is 345 g/mol. The topological polar surface area (TPSA) is 66.9 Å². The van der Waals surface area contributed by atoms with Gasteiger partial charge in [-0.1, -0.05) is 25.8 Å². The van der Waals surface area contributed by atoms with Crippen molar-refractivity contribution in [1.82, 2.24) is 9.97 Å². The van der Waals surface area contributed by atoms with Crippen molar-refractivity contribution in [3.63, 3.8) is 0 Å². The number of carbonyl (C=O) groups excluding carboxylic acids is 1. The third-order valence-electron chi connectivity index (χ3n) is 3.60. The quantitative estimate of drug-likeness (QED) is 0.700. The Bertz CT molecular complexity index is 762. The Morgan fingerprint density at radius 2 is 1.92 bits per heavy atom. The Balaban J connectivity index is 2.11. The van der Waals surface area contributed by atoms with Gasteiger partial charge in [-0.05, 0) is 31.5 Å². The van der Waals surface area contributed by atoms with Crippen molar-refractivity contribution in [1.29, 1.82) is 0 Å². The van der Waals surface area contributed by atoms with Crippen molar-refractivity contribution in [2.24, 2.45) is 0 Å². The fourth-order valence-electron chi connectivity index (χ4n) is 2.33. The van der Waals surface area contributed by atoms with Crippen LogP contribution in [-0.4, -0.2) is 22.4 Å². The van der Waals surface area contributed by atoms with Crippen molar-refractivity contribution >= 4 is 17.4 Å². The number of alkyl halides is 3. The zero-order valence-corrected chi connectivity index (χ0v) is 14.7. The summed E-state index contributed by atoms with van der Waals surface area (Å²) < 4.78 is 38.3. The number of aryl methyl sites for hydroxylation is 1. The van der Waals surface area contributed by atoms with Crippen LogP contribution >= 0.6 is 0 Å². The molecule has 0 saturated carbocycles. The number of unbranched alkanes of at least 4 members (excludes halogenated alkanes) is 2. The molecule has 0 radical (unpaired) electrons. The maximum Gasteiger partial charge on any atom is 0.416 e. The van der Waals surface area contributed by atoms with Crippen LogP contribution in [0.2, 0.25) is 0 Å². The van der Waals surface area contributed by atoms with Gasteiger partial charge in [0.1, 0.15) is 17.3 Å². The van der Waals surface area contributed by atoms with E-state index in [-0.39, 0.29) is 11.4 Å². The molecule has 1 aromatic heterocycles. The molecule has 0 aliphatic rings. The Morgan fingerprint density at radius 3 is 2.62 bits per heavy atom. The zero-order chi connectivity index (χ0) is 19.2. The van der Waals surface area contributed by atoms with Crippen LogP contribution in [0.25, 0.3) is 0 Å². The summed E-state index contributed by atoms with van der Waals surface area (Å²) in [5.41, 5.74) is -0.682. The summed E-state index contributed by atoms with van der Waals surface area (Å²) in [7, 11) is 0. The molecule has 1 amide bonds. The molecular formula is C18H21F3N4O. The first-order valence-electron chi connectivity index (χ1n) is 8.37. The van der Waals surface area contributed by atoms with Crippen LogP contribution in [0.3, 0.4) is 0 Å². The number of amides is 1. The lowest BCUT2D eigenvalue weighted by Gasteiger charge is -2.11. The number of anilines is 2. The SMILES string of the molecule is CCCCCNc1cc(C(=O)Nc2cccc(C(F)(F)F)c2)nc(C)n1. The molecule has 2 N–H and O–H groups in total. The molecule has 0 aliphatic carbocycles. The number of nitrogens with zero attached hydrogens (tertiary/aromatic N) is 2. The first-order chi connectivity index (χ1) is 12.3. The van der Waals surface area contributed by atoms with Gasteiger partial charge in [0, 0.05) is 18.3 Å². The number of carbonyl (C=O) groups is 1. The second-order valence-corrected chi connectivity index (χ2v) is 5.85. The van der Waals surface area contributed by atoms with Crippen LogP contribution in [0.15, 0.2) is 30.3 Å². The van der Waals surface area contributed by atoms with Crippen molar-refractivity contribution in [3.05, 3.63) is 47.4 Å². The summed E-state index contributed by atoms with van der Waals surface area (Å²) in [6.45, 7) is 4.47. The highest BCUT2D eigenvalue weighted by atomic mass is 19.4. The summed E-state index contributed by atoms with van der Waals surface area (Å²) >= 11 is 0. The number of rotatable bonds is 7. The minimum Gasteiger partial charge on any atom is -0.370 e. The van der Waals surface area contributed by atoms with E-state index in [0.717, 1.165) is 37.9 Å². The van der Waals surface area contributed by atoms with Gasteiger partial charge in [-0.2, -0.15) is 13.2 Å². The maximum atomic E-state index is 12.8. The molecule has 0 unspecified atom stereocenters. The number of hydrogen-bond donors (Lipinski definition) is 2. The van der Waals surface area contributed by atoms with Gasteiger partial charge < -0.3 is 10.6 Å². The average Bonchev–Trinajstić information content (AvgIpc) is 2.58. The molecule has 0 saturated heterocycles. The largest absolute Gasteiger partial charge is 0.416 e. The molecule has 0 bridgehead atoms. The highest BCUT2D eigenvalue weighted by Gasteiger charge is 2.30. The van der Waals surface area contributed by atoms with Gasteiger partial charge in [0.25, 0.3) is 5.91 Å². The monoisotopic (exact) mass is 366 g/mol. The van der Waals surface area contributed by atoms with Gasteiger partial charge in [-0.15, -0.1) is 0 Å². The second kappa shape index (κ2) is 8.64. The number of nitrogens with one attached hydrogen (secondary N) is 2. The predicted octanol–water partition coefficient (Wildman–Crippen LogP) is 4.66. The summed E-state index contributed by atoms with van der Waals surface area (Å²) in [6, 6.07) is 5.95. The maximum absolute atomic E-state index is 12.8. The Kier molecular flexibility index (Phi) is 6.54. The van der Waals surface area contributed by atoms with Gasteiger partial charge >= 0.3 is 6.18 Å². The van der Waals surface area contributed by atoms with E-state index in [2.05, 4.69) is 27.5 Å². The molecule has 0 aliphatic heterocycles. The first-order valence-corrected chi connectivity index (χ1v) is 8.37. The standard InChI is InChI=1S/C18H21F3N4O/c1-3-4-5-9-22-16-11-15(23-12(2)24-16)17(26)25-14-8-6-7-13(10-14)18(19,20)21/h6-8,10-11H,3-5,9H2,1-2H3,(H,25,26)(H,22,23,24). The van der Waals surface area contributed by atoms with E-state index >= 15 is 0 Å². The van der Waals surface area contributed by atoms with Gasteiger partial charge in [-0.25, -0.2) is 9.97 Å². The molecule has 5 nitrogen and oxygen atoms in total. The van der Waals surface area contributed by atoms with Gasteiger partial charge in [0.15, 0.2) is 0 Å². The van der Waals surface area contributed by atoms with E-state index in [9.17, 15) is 18.0 Å². The number of hydrogen-bond acceptors (Lipinski definition) is 4. The Hall–Kier alpha value is -2.64. The summed E-state index contributed by atoms with van der Waals surface area (Å²) in [6.07, 6.45) is -1.32. The van der Waals surface area contributed by atoms with Crippen LogP contribution in [0.4, 0.5) is 24.7 Å². The van der Waals surface area contributed by atoms with Crippen molar-refractivity contribution in [2.75, 3.05) is 17.2 Å². The number of halogens is 3. The van der Waals surface area contributed by atoms with Gasteiger partial charge in [-0.3, -0.25) is 4.79 Å². The average molecular weight is 366 g/mol. The Labute approximate surface area is 150 Å². The molecule has 0 spiro atoms. The van der Waals surface area contributed by atoms with E-state index in [1.165, 1.54) is 18.2 Å².